The molecule has 1 aromatic carbocycles. The van der Waals surface area contributed by atoms with E-state index in [4.69, 9.17) is 11.6 Å². The minimum atomic E-state index is -0.398. The summed E-state index contributed by atoms with van der Waals surface area (Å²) < 4.78 is 13.4. The molecule has 0 bridgehead atoms. The largest absolute Gasteiger partial charge is 0.293 e. The van der Waals surface area contributed by atoms with Crippen molar-refractivity contribution in [3.8, 4) is 0 Å². The van der Waals surface area contributed by atoms with E-state index < -0.39 is 5.82 Å². The minimum Gasteiger partial charge on any atom is -0.293 e. The van der Waals surface area contributed by atoms with E-state index in [-0.39, 0.29) is 11.2 Å². The Kier molecular flexibility index (Phi) is 4.29. The van der Waals surface area contributed by atoms with Crippen molar-refractivity contribution in [2.75, 3.05) is 0 Å². The maximum Gasteiger partial charge on any atom is 0.170 e. The molecule has 1 aromatic rings. The van der Waals surface area contributed by atoms with E-state index in [0.29, 0.717) is 16.5 Å². The number of rotatable bonds is 4. The fourth-order valence-corrected chi connectivity index (χ4v) is 3.52. The number of ketones is 1. The number of hydrogen-bond donors (Lipinski definition) is 0. The molecule has 2 rings (SSSR count). The lowest BCUT2D eigenvalue weighted by Crippen LogP contribution is -2.30. The molecule has 104 valence electrons. The molecule has 1 fully saturated rings. The molecule has 0 aliphatic heterocycles. The van der Waals surface area contributed by atoms with Crippen molar-refractivity contribution in [2.45, 2.75) is 46.0 Å². The minimum absolute atomic E-state index is 0.0307. The van der Waals surface area contributed by atoms with Crippen LogP contribution in [0, 0.1) is 17.2 Å². The average Bonchev–Trinajstić information content (AvgIpc) is 2.80. The molecule has 1 aliphatic rings. The highest BCUT2D eigenvalue weighted by molar-refractivity contribution is 6.34. The fourth-order valence-electron chi connectivity index (χ4n) is 3.31. The van der Waals surface area contributed by atoms with Crippen LogP contribution >= 0.6 is 11.6 Å². The normalized spacial score (nSPS) is 17.9. The first-order valence-corrected chi connectivity index (χ1v) is 7.32. The van der Waals surface area contributed by atoms with E-state index in [0.717, 1.165) is 32.1 Å². The van der Waals surface area contributed by atoms with E-state index in [2.05, 4.69) is 13.8 Å². The van der Waals surface area contributed by atoms with Gasteiger partial charge in [0, 0.05) is 11.0 Å². The predicted octanol–water partition coefficient (Wildman–Crippen LogP) is 5.27. The monoisotopic (exact) mass is 282 g/mol. The van der Waals surface area contributed by atoms with Gasteiger partial charge in [0.15, 0.2) is 5.78 Å². The standard InChI is InChI=1S/C16H20ClFO/c1-11(2)10-16(7-3-4-8-16)15(19)13-9-12(18)5-6-14(13)17/h5-6,9,11H,3-4,7-8,10H2,1-2H3. The second kappa shape index (κ2) is 5.62. The van der Waals surface area contributed by atoms with Crippen LogP contribution in [-0.2, 0) is 0 Å². The van der Waals surface area contributed by atoms with Gasteiger partial charge in [-0.25, -0.2) is 4.39 Å². The van der Waals surface area contributed by atoms with Crippen molar-refractivity contribution in [3.63, 3.8) is 0 Å². The van der Waals surface area contributed by atoms with Gasteiger partial charge in [-0.2, -0.15) is 0 Å². The number of carbonyl (C=O) groups excluding carboxylic acids is 1. The van der Waals surface area contributed by atoms with E-state index in [1.807, 2.05) is 0 Å². The zero-order chi connectivity index (χ0) is 14.0. The van der Waals surface area contributed by atoms with Crippen molar-refractivity contribution in [3.05, 3.63) is 34.6 Å². The zero-order valence-corrected chi connectivity index (χ0v) is 12.3. The van der Waals surface area contributed by atoms with Crippen molar-refractivity contribution in [1.82, 2.24) is 0 Å². The van der Waals surface area contributed by atoms with Gasteiger partial charge in [0.05, 0.1) is 5.02 Å². The predicted molar refractivity (Wildman–Crippen MR) is 76.1 cm³/mol. The SMILES string of the molecule is CC(C)CC1(C(=O)c2cc(F)ccc2Cl)CCCC1. The quantitative estimate of drug-likeness (QED) is 0.688. The first-order chi connectivity index (χ1) is 8.94. The third-order valence-corrected chi connectivity index (χ3v) is 4.34. The van der Waals surface area contributed by atoms with Crippen molar-refractivity contribution in [1.29, 1.82) is 0 Å². The summed E-state index contributed by atoms with van der Waals surface area (Å²) in [6, 6.07) is 4.05. The summed E-state index contributed by atoms with van der Waals surface area (Å²) in [5.74, 6) is 0.0861. The molecule has 19 heavy (non-hydrogen) atoms. The molecular weight excluding hydrogens is 263 g/mol. The Bertz CT molecular complexity index is 476. The third kappa shape index (κ3) is 3.00. The van der Waals surface area contributed by atoms with E-state index in [1.165, 1.54) is 18.2 Å². The molecule has 1 nitrogen and oxygen atoms in total. The van der Waals surface area contributed by atoms with E-state index in [1.54, 1.807) is 0 Å². The molecular formula is C16H20ClFO. The molecule has 3 heteroatoms. The van der Waals surface area contributed by atoms with Gasteiger partial charge >= 0.3 is 0 Å². The molecule has 0 saturated heterocycles. The van der Waals surface area contributed by atoms with Gasteiger partial charge in [-0.05, 0) is 43.4 Å². The number of hydrogen-bond acceptors (Lipinski definition) is 1. The van der Waals surface area contributed by atoms with Crippen LogP contribution < -0.4 is 0 Å². The van der Waals surface area contributed by atoms with Crippen LogP contribution in [0.25, 0.3) is 0 Å². The molecule has 0 spiro atoms. The fraction of sp³-hybridized carbons (Fsp3) is 0.562. The van der Waals surface area contributed by atoms with Gasteiger partial charge in [0.25, 0.3) is 0 Å². The molecule has 0 radical (unpaired) electrons. The summed E-state index contributed by atoms with van der Waals surface area (Å²) in [5.41, 5.74) is 0.0233. The number of Topliss-reactive ketones (excluding diaryl/α,β-unsaturated/α-hetero) is 1. The first kappa shape index (κ1) is 14.5. The maximum absolute atomic E-state index is 13.4. The van der Waals surface area contributed by atoms with Gasteiger partial charge in [-0.3, -0.25) is 4.79 Å². The summed E-state index contributed by atoms with van der Waals surface area (Å²) in [6.07, 6.45) is 4.81. The Hall–Kier alpha value is -0.890. The Labute approximate surface area is 119 Å². The van der Waals surface area contributed by atoms with Gasteiger partial charge < -0.3 is 0 Å². The van der Waals surface area contributed by atoms with Crippen LogP contribution in [0.3, 0.4) is 0 Å². The van der Waals surface area contributed by atoms with Gasteiger partial charge in [-0.15, -0.1) is 0 Å². The van der Waals surface area contributed by atoms with Crippen molar-refractivity contribution >= 4 is 17.4 Å². The molecule has 1 aliphatic carbocycles. The maximum atomic E-state index is 13.4. The summed E-state index contributed by atoms with van der Waals surface area (Å²) >= 11 is 6.08. The van der Waals surface area contributed by atoms with Crippen molar-refractivity contribution < 1.29 is 9.18 Å². The summed E-state index contributed by atoms with van der Waals surface area (Å²) in [5, 5.41) is 0.362. The van der Waals surface area contributed by atoms with Crippen molar-refractivity contribution in [2.24, 2.45) is 11.3 Å². The highest BCUT2D eigenvalue weighted by atomic mass is 35.5. The lowest BCUT2D eigenvalue weighted by atomic mass is 9.73. The van der Waals surface area contributed by atoms with Crippen LogP contribution in [0.15, 0.2) is 18.2 Å². The van der Waals surface area contributed by atoms with Gasteiger partial charge in [0.1, 0.15) is 5.82 Å². The molecule has 0 aromatic heterocycles. The number of halogens is 2. The molecule has 0 amide bonds. The lowest BCUT2D eigenvalue weighted by Gasteiger charge is -2.29. The van der Waals surface area contributed by atoms with Crippen LogP contribution in [0.2, 0.25) is 5.02 Å². The molecule has 0 heterocycles. The van der Waals surface area contributed by atoms with Gasteiger partial charge in [-0.1, -0.05) is 38.3 Å². The average molecular weight is 283 g/mol. The van der Waals surface area contributed by atoms with E-state index in [9.17, 15) is 9.18 Å². The summed E-state index contributed by atoms with van der Waals surface area (Å²) in [6.45, 7) is 4.25. The highest BCUT2D eigenvalue weighted by Crippen LogP contribution is 2.46. The molecule has 0 unspecified atom stereocenters. The number of benzene rings is 1. The first-order valence-electron chi connectivity index (χ1n) is 6.94. The smallest absolute Gasteiger partial charge is 0.170 e. The Morgan fingerprint density at radius 3 is 2.58 bits per heavy atom. The van der Waals surface area contributed by atoms with Crippen LogP contribution in [0.5, 0.6) is 0 Å². The summed E-state index contributed by atoms with van der Waals surface area (Å²) in [7, 11) is 0. The highest BCUT2D eigenvalue weighted by Gasteiger charge is 2.42. The third-order valence-electron chi connectivity index (χ3n) is 4.01. The second-order valence-corrected chi connectivity index (χ2v) is 6.45. The zero-order valence-electron chi connectivity index (χ0n) is 11.5. The molecule has 1 saturated carbocycles. The van der Waals surface area contributed by atoms with Crippen LogP contribution in [0.1, 0.15) is 56.3 Å². The van der Waals surface area contributed by atoms with Crippen LogP contribution in [-0.4, -0.2) is 5.78 Å². The number of carbonyl (C=O) groups is 1. The Morgan fingerprint density at radius 2 is 2.00 bits per heavy atom. The van der Waals surface area contributed by atoms with E-state index >= 15 is 0 Å². The van der Waals surface area contributed by atoms with Gasteiger partial charge in [0.2, 0.25) is 0 Å². The Balaban J connectivity index is 2.37. The second-order valence-electron chi connectivity index (χ2n) is 6.04. The van der Waals surface area contributed by atoms with Crippen LogP contribution in [0.4, 0.5) is 4.39 Å². The Morgan fingerprint density at radius 1 is 1.37 bits per heavy atom. The molecule has 0 N–H and O–H groups in total. The molecule has 0 atom stereocenters. The lowest BCUT2D eigenvalue weighted by molar-refractivity contribution is 0.0759. The topological polar surface area (TPSA) is 17.1 Å². The summed E-state index contributed by atoms with van der Waals surface area (Å²) in [4.78, 5) is 12.8.